The van der Waals surface area contributed by atoms with E-state index in [2.05, 4.69) is 28.3 Å². The lowest BCUT2D eigenvalue weighted by Crippen LogP contribution is -2.27. The van der Waals surface area contributed by atoms with E-state index in [1.807, 2.05) is 48.5 Å². The van der Waals surface area contributed by atoms with Crippen molar-refractivity contribution in [1.82, 2.24) is 9.97 Å². The number of anilines is 3. The van der Waals surface area contributed by atoms with E-state index in [0.29, 0.717) is 11.6 Å². The van der Waals surface area contributed by atoms with Crippen molar-refractivity contribution in [3.63, 3.8) is 0 Å². The molecule has 0 saturated heterocycles. The van der Waals surface area contributed by atoms with Crippen molar-refractivity contribution in [3.05, 3.63) is 78.1 Å². The second-order valence-corrected chi connectivity index (χ2v) is 5.60. The smallest absolute Gasteiger partial charge is 0.276 e. The number of carbonyl (C=O) groups is 1. The number of aromatic nitrogens is 2. The molecule has 0 fully saturated rings. The second-order valence-electron chi connectivity index (χ2n) is 5.60. The van der Waals surface area contributed by atoms with Gasteiger partial charge in [-0.05, 0) is 36.2 Å². The van der Waals surface area contributed by atoms with Crippen LogP contribution in [0, 0.1) is 0 Å². The summed E-state index contributed by atoms with van der Waals surface area (Å²) in [6.07, 6.45) is 2.49. The van der Waals surface area contributed by atoms with Gasteiger partial charge in [-0.25, -0.2) is 9.97 Å². The van der Waals surface area contributed by atoms with Gasteiger partial charge in [0.05, 0.1) is 0 Å². The van der Waals surface area contributed by atoms with Gasteiger partial charge >= 0.3 is 0 Å². The van der Waals surface area contributed by atoms with Gasteiger partial charge in [-0.1, -0.05) is 43.3 Å². The van der Waals surface area contributed by atoms with Gasteiger partial charge in [0.25, 0.3) is 5.91 Å². The minimum Gasteiger partial charge on any atom is -0.324 e. The predicted octanol–water partition coefficient (Wildman–Crippen LogP) is 4.06. The number of para-hydroxylation sites is 2. The summed E-state index contributed by atoms with van der Waals surface area (Å²) in [5.41, 5.74) is 3.28. The lowest BCUT2D eigenvalue weighted by molar-refractivity contribution is 0.0988. The molecule has 1 N–H and O–H groups in total. The highest BCUT2D eigenvalue weighted by Gasteiger charge is 2.15. The Bertz CT molecular complexity index is 864. The fraction of sp³-hybridized carbons (Fsp3) is 0.150. The molecule has 5 heteroatoms. The molecule has 0 unspecified atom stereocenters. The Morgan fingerprint density at radius 1 is 1.04 bits per heavy atom. The van der Waals surface area contributed by atoms with Crippen LogP contribution in [0.4, 0.5) is 17.3 Å². The highest BCUT2D eigenvalue weighted by Crippen LogP contribution is 2.20. The number of rotatable bonds is 5. The van der Waals surface area contributed by atoms with Gasteiger partial charge in [0.1, 0.15) is 5.69 Å². The fourth-order valence-electron chi connectivity index (χ4n) is 2.55. The van der Waals surface area contributed by atoms with Gasteiger partial charge in [0.15, 0.2) is 0 Å². The molecule has 0 aliphatic carbocycles. The lowest BCUT2D eigenvalue weighted by atomic mass is 10.1. The van der Waals surface area contributed by atoms with Crippen molar-refractivity contribution < 1.29 is 4.79 Å². The number of carbonyl (C=O) groups excluding carboxylic acids is 1. The standard InChI is InChI=1S/C20H20N4O/c1-3-15-9-7-8-12-17(15)22-20-21-14-13-18(23-20)19(25)24(2)16-10-5-4-6-11-16/h4-14H,3H2,1-2H3,(H,21,22,23). The molecule has 126 valence electrons. The maximum Gasteiger partial charge on any atom is 0.276 e. The molecule has 25 heavy (non-hydrogen) atoms. The summed E-state index contributed by atoms with van der Waals surface area (Å²) >= 11 is 0. The zero-order valence-electron chi connectivity index (χ0n) is 14.3. The molecule has 0 atom stereocenters. The van der Waals surface area contributed by atoms with Crippen molar-refractivity contribution in [3.8, 4) is 0 Å². The fourth-order valence-corrected chi connectivity index (χ4v) is 2.55. The highest BCUT2D eigenvalue weighted by molar-refractivity contribution is 6.04. The van der Waals surface area contributed by atoms with Gasteiger partial charge in [0, 0.05) is 24.6 Å². The SMILES string of the molecule is CCc1ccccc1Nc1nccc(C(=O)N(C)c2ccccc2)n1. The number of amides is 1. The zero-order valence-corrected chi connectivity index (χ0v) is 14.3. The average molecular weight is 332 g/mol. The first-order chi connectivity index (χ1) is 12.2. The first-order valence-corrected chi connectivity index (χ1v) is 8.20. The summed E-state index contributed by atoms with van der Waals surface area (Å²) in [4.78, 5) is 22.9. The van der Waals surface area contributed by atoms with E-state index in [9.17, 15) is 4.79 Å². The van der Waals surface area contributed by atoms with Crippen molar-refractivity contribution in [2.45, 2.75) is 13.3 Å². The minimum atomic E-state index is -0.180. The van der Waals surface area contributed by atoms with Crippen molar-refractivity contribution in [2.75, 3.05) is 17.3 Å². The number of hydrogen-bond donors (Lipinski definition) is 1. The van der Waals surface area contributed by atoms with E-state index in [0.717, 1.165) is 17.8 Å². The Kier molecular flexibility index (Phi) is 5.04. The molecule has 1 amide bonds. The van der Waals surface area contributed by atoms with Gasteiger partial charge in [-0.15, -0.1) is 0 Å². The Labute approximate surface area is 147 Å². The van der Waals surface area contributed by atoms with E-state index < -0.39 is 0 Å². The van der Waals surface area contributed by atoms with Crippen LogP contribution in [0.3, 0.4) is 0 Å². The predicted molar refractivity (Wildman–Crippen MR) is 100 cm³/mol. The summed E-state index contributed by atoms with van der Waals surface area (Å²) in [7, 11) is 1.74. The van der Waals surface area contributed by atoms with E-state index in [1.165, 1.54) is 5.56 Å². The van der Waals surface area contributed by atoms with Gasteiger partial charge < -0.3 is 10.2 Å². The summed E-state index contributed by atoms with van der Waals surface area (Å²) in [5, 5.41) is 3.20. The normalized spacial score (nSPS) is 10.3. The first-order valence-electron chi connectivity index (χ1n) is 8.20. The molecule has 0 radical (unpaired) electrons. The van der Waals surface area contributed by atoms with Crippen LogP contribution in [-0.4, -0.2) is 22.9 Å². The molecule has 2 aromatic carbocycles. The third kappa shape index (κ3) is 3.83. The largest absolute Gasteiger partial charge is 0.324 e. The number of benzene rings is 2. The van der Waals surface area contributed by atoms with E-state index in [4.69, 9.17) is 0 Å². The quantitative estimate of drug-likeness (QED) is 0.765. The van der Waals surface area contributed by atoms with Crippen LogP contribution in [0.2, 0.25) is 0 Å². The van der Waals surface area contributed by atoms with Crippen LogP contribution in [-0.2, 0) is 6.42 Å². The van der Waals surface area contributed by atoms with Gasteiger partial charge in [-0.3, -0.25) is 4.79 Å². The van der Waals surface area contributed by atoms with E-state index >= 15 is 0 Å². The van der Waals surface area contributed by atoms with Crippen LogP contribution in [0.5, 0.6) is 0 Å². The lowest BCUT2D eigenvalue weighted by Gasteiger charge is -2.17. The number of aryl methyl sites for hydroxylation is 1. The molecule has 0 spiro atoms. The molecule has 5 nitrogen and oxygen atoms in total. The minimum absolute atomic E-state index is 0.180. The number of nitrogens with zero attached hydrogens (tertiary/aromatic N) is 3. The Balaban J connectivity index is 1.83. The molecule has 0 bridgehead atoms. The molecule has 1 heterocycles. The number of nitrogens with one attached hydrogen (secondary N) is 1. The summed E-state index contributed by atoms with van der Waals surface area (Å²) in [6, 6.07) is 19.1. The van der Waals surface area contributed by atoms with E-state index in [1.54, 1.807) is 24.2 Å². The van der Waals surface area contributed by atoms with Crippen LogP contribution in [0.25, 0.3) is 0 Å². The molecular formula is C20H20N4O. The molecule has 0 saturated carbocycles. The Morgan fingerprint density at radius 3 is 2.52 bits per heavy atom. The van der Waals surface area contributed by atoms with Crippen molar-refractivity contribution in [2.24, 2.45) is 0 Å². The zero-order chi connectivity index (χ0) is 17.6. The third-order valence-corrected chi connectivity index (χ3v) is 3.97. The molecule has 0 aliphatic heterocycles. The average Bonchev–Trinajstić information content (AvgIpc) is 2.68. The maximum atomic E-state index is 12.7. The monoisotopic (exact) mass is 332 g/mol. The van der Waals surface area contributed by atoms with E-state index in [-0.39, 0.29) is 5.91 Å². The highest BCUT2D eigenvalue weighted by atomic mass is 16.2. The van der Waals surface area contributed by atoms with Crippen LogP contribution < -0.4 is 10.2 Å². The Hall–Kier alpha value is -3.21. The van der Waals surface area contributed by atoms with Gasteiger partial charge in [0.2, 0.25) is 5.95 Å². The van der Waals surface area contributed by atoms with Crippen LogP contribution in [0.1, 0.15) is 23.0 Å². The number of hydrogen-bond acceptors (Lipinski definition) is 4. The maximum absolute atomic E-state index is 12.7. The summed E-state index contributed by atoms with van der Waals surface area (Å²) in [5.74, 6) is 0.230. The summed E-state index contributed by atoms with van der Waals surface area (Å²) < 4.78 is 0. The second kappa shape index (κ2) is 7.57. The Morgan fingerprint density at radius 2 is 1.76 bits per heavy atom. The summed E-state index contributed by atoms with van der Waals surface area (Å²) in [6.45, 7) is 2.09. The van der Waals surface area contributed by atoms with Gasteiger partial charge in [-0.2, -0.15) is 0 Å². The molecular weight excluding hydrogens is 312 g/mol. The van der Waals surface area contributed by atoms with Crippen molar-refractivity contribution in [1.29, 1.82) is 0 Å². The molecule has 0 aliphatic rings. The first kappa shape index (κ1) is 16.6. The topological polar surface area (TPSA) is 58.1 Å². The van der Waals surface area contributed by atoms with Crippen LogP contribution in [0.15, 0.2) is 66.9 Å². The molecule has 3 aromatic rings. The van der Waals surface area contributed by atoms with Crippen molar-refractivity contribution >= 4 is 23.2 Å². The molecule has 1 aromatic heterocycles. The third-order valence-electron chi connectivity index (χ3n) is 3.97. The van der Waals surface area contributed by atoms with Crippen LogP contribution >= 0.6 is 0 Å². The molecule has 3 rings (SSSR count).